The number of pyridine rings is 1. The van der Waals surface area contributed by atoms with E-state index in [9.17, 15) is 9.18 Å². The molecule has 24 heavy (non-hydrogen) atoms. The molecule has 4 heteroatoms. The number of benzene rings is 2. The first-order valence-electron chi connectivity index (χ1n) is 8.07. The van der Waals surface area contributed by atoms with Gasteiger partial charge in [-0.2, -0.15) is 0 Å². The maximum atomic E-state index is 13.5. The molecule has 2 aromatic carbocycles. The van der Waals surface area contributed by atoms with E-state index in [0.717, 1.165) is 40.3 Å². The molecule has 0 spiro atoms. The van der Waals surface area contributed by atoms with Crippen LogP contribution < -0.4 is 5.32 Å². The van der Waals surface area contributed by atoms with Crippen LogP contribution in [-0.4, -0.2) is 16.9 Å². The maximum Gasteiger partial charge on any atom is 0.270 e. The molecule has 0 radical (unpaired) electrons. The van der Waals surface area contributed by atoms with Gasteiger partial charge in [-0.3, -0.25) is 9.78 Å². The number of aromatic nitrogens is 1. The average molecular weight is 320 g/mol. The number of rotatable bonds is 3. The zero-order valence-corrected chi connectivity index (χ0v) is 13.3. The highest BCUT2D eigenvalue weighted by atomic mass is 19.1. The van der Waals surface area contributed by atoms with E-state index in [1.54, 1.807) is 24.4 Å². The first-order valence-corrected chi connectivity index (χ1v) is 8.07. The summed E-state index contributed by atoms with van der Waals surface area (Å²) in [6.45, 7) is 1.96. The number of aryl methyl sites for hydroxylation is 1. The molecule has 0 unspecified atom stereocenters. The van der Waals surface area contributed by atoms with Gasteiger partial charge in [0.15, 0.2) is 0 Å². The van der Waals surface area contributed by atoms with Crippen LogP contribution in [0, 0.1) is 12.7 Å². The van der Waals surface area contributed by atoms with Crippen molar-refractivity contribution in [3.63, 3.8) is 0 Å². The van der Waals surface area contributed by atoms with E-state index in [-0.39, 0.29) is 11.7 Å². The predicted octanol–water partition coefficient (Wildman–Crippen LogP) is 4.24. The molecule has 0 saturated heterocycles. The highest BCUT2D eigenvalue weighted by Crippen LogP contribution is 2.28. The molecule has 1 aromatic heterocycles. The van der Waals surface area contributed by atoms with Crippen molar-refractivity contribution in [3.05, 3.63) is 65.7 Å². The summed E-state index contributed by atoms with van der Waals surface area (Å²) >= 11 is 0. The molecule has 1 aliphatic carbocycles. The van der Waals surface area contributed by atoms with Crippen molar-refractivity contribution >= 4 is 16.7 Å². The zero-order chi connectivity index (χ0) is 16.7. The van der Waals surface area contributed by atoms with Crippen LogP contribution in [0.2, 0.25) is 0 Å². The fourth-order valence-corrected chi connectivity index (χ4v) is 2.83. The largest absolute Gasteiger partial charge is 0.348 e. The number of hydrogen-bond acceptors (Lipinski definition) is 2. The van der Waals surface area contributed by atoms with Gasteiger partial charge in [0.1, 0.15) is 11.5 Å². The monoisotopic (exact) mass is 320 g/mol. The summed E-state index contributed by atoms with van der Waals surface area (Å²) in [5.74, 6) is -0.370. The van der Waals surface area contributed by atoms with Crippen molar-refractivity contribution in [2.24, 2.45) is 0 Å². The third-order valence-corrected chi connectivity index (χ3v) is 4.38. The summed E-state index contributed by atoms with van der Waals surface area (Å²) in [7, 11) is 0. The van der Waals surface area contributed by atoms with E-state index in [1.807, 2.05) is 25.1 Å². The van der Waals surface area contributed by atoms with Gasteiger partial charge in [0.05, 0.1) is 0 Å². The highest BCUT2D eigenvalue weighted by Gasteiger charge is 2.24. The van der Waals surface area contributed by atoms with E-state index >= 15 is 0 Å². The lowest BCUT2D eigenvalue weighted by atomic mass is 9.98. The van der Waals surface area contributed by atoms with Gasteiger partial charge in [-0.25, -0.2) is 4.39 Å². The smallest absolute Gasteiger partial charge is 0.270 e. The van der Waals surface area contributed by atoms with Crippen LogP contribution in [0.15, 0.2) is 48.7 Å². The molecular formula is C20H17FN2O. The Kier molecular flexibility index (Phi) is 3.53. The lowest BCUT2D eigenvalue weighted by molar-refractivity contribution is 0.0946. The van der Waals surface area contributed by atoms with Crippen molar-refractivity contribution in [3.8, 4) is 11.1 Å². The number of fused-ring (bicyclic) bond motifs is 1. The van der Waals surface area contributed by atoms with E-state index in [4.69, 9.17) is 0 Å². The standard InChI is InChI=1S/C20H17FN2O/c1-12-2-5-16(21)10-18(12)14-4-3-13-9-19(22-11-15(13)8-14)20(24)23-17-6-7-17/h2-5,8-11,17H,6-7H2,1H3,(H,23,24). The lowest BCUT2D eigenvalue weighted by Gasteiger charge is -2.09. The van der Waals surface area contributed by atoms with Crippen LogP contribution in [0.1, 0.15) is 28.9 Å². The van der Waals surface area contributed by atoms with Crippen molar-refractivity contribution in [1.82, 2.24) is 10.3 Å². The van der Waals surface area contributed by atoms with Crippen LogP contribution in [-0.2, 0) is 0 Å². The van der Waals surface area contributed by atoms with E-state index in [0.29, 0.717) is 11.7 Å². The number of hydrogen-bond donors (Lipinski definition) is 1. The predicted molar refractivity (Wildman–Crippen MR) is 92.4 cm³/mol. The molecule has 1 heterocycles. The van der Waals surface area contributed by atoms with E-state index < -0.39 is 0 Å². The highest BCUT2D eigenvalue weighted by molar-refractivity contribution is 5.97. The molecule has 0 bridgehead atoms. The average Bonchev–Trinajstić information content (AvgIpc) is 3.40. The van der Waals surface area contributed by atoms with Gasteiger partial charge < -0.3 is 5.32 Å². The summed E-state index contributed by atoms with van der Waals surface area (Å²) in [6.07, 6.45) is 3.81. The molecular weight excluding hydrogens is 303 g/mol. The molecule has 3 aromatic rings. The summed E-state index contributed by atoms with van der Waals surface area (Å²) < 4.78 is 13.5. The maximum absolute atomic E-state index is 13.5. The van der Waals surface area contributed by atoms with Crippen molar-refractivity contribution in [2.45, 2.75) is 25.8 Å². The van der Waals surface area contributed by atoms with Crippen LogP contribution in [0.3, 0.4) is 0 Å². The Hall–Kier alpha value is -2.75. The Morgan fingerprint density at radius 2 is 1.96 bits per heavy atom. The summed E-state index contributed by atoms with van der Waals surface area (Å²) in [5, 5.41) is 4.82. The Balaban J connectivity index is 1.71. The minimum Gasteiger partial charge on any atom is -0.348 e. The Morgan fingerprint density at radius 1 is 1.12 bits per heavy atom. The van der Waals surface area contributed by atoms with Crippen molar-refractivity contribution < 1.29 is 9.18 Å². The van der Waals surface area contributed by atoms with Crippen LogP contribution >= 0.6 is 0 Å². The van der Waals surface area contributed by atoms with Crippen LogP contribution in [0.5, 0.6) is 0 Å². The van der Waals surface area contributed by atoms with Crippen molar-refractivity contribution in [1.29, 1.82) is 0 Å². The van der Waals surface area contributed by atoms with Crippen LogP contribution in [0.4, 0.5) is 4.39 Å². The molecule has 1 N–H and O–H groups in total. The van der Waals surface area contributed by atoms with Gasteiger partial charge >= 0.3 is 0 Å². The van der Waals surface area contributed by atoms with E-state index in [1.165, 1.54) is 6.07 Å². The van der Waals surface area contributed by atoms with Gasteiger partial charge in [-0.15, -0.1) is 0 Å². The second kappa shape index (κ2) is 5.71. The minimum absolute atomic E-state index is 0.121. The number of nitrogens with zero attached hydrogens (tertiary/aromatic N) is 1. The lowest BCUT2D eigenvalue weighted by Crippen LogP contribution is -2.26. The van der Waals surface area contributed by atoms with Gasteiger partial charge in [-0.1, -0.05) is 18.2 Å². The normalized spacial score (nSPS) is 13.9. The molecule has 1 fully saturated rings. The second-order valence-electron chi connectivity index (χ2n) is 6.34. The molecule has 1 amide bonds. The summed E-state index contributed by atoms with van der Waals surface area (Å²) in [5.41, 5.74) is 3.26. The first-order chi connectivity index (χ1) is 11.6. The van der Waals surface area contributed by atoms with Gasteiger partial charge in [0, 0.05) is 17.6 Å². The third kappa shape index (κ3) is 2.87. The SMILES string of the molecule is Cc1ccc(F)cc1-c1ccc2cc(C(=O)NC3CC3)ncc2c1. The van der Waals surface area contributed by atoms with Gasteiger partial charge in [-0.05, 0) is 66.1 Å². The number of carbonyl (C=O) groups excluding carboxylic acids is 1. The molecule has 0 aliphatic heterocycles. The number of carbonyl (C=O) groups is 1. The first kappa shape index (κ1) is 14.8. The van der Waals surface area contributed by atoms with E-state index in [2.05, 4.69) is 10.3 Å². The minimum atomic E-state index is -0.249. The molecule has 0 atom stereocenters. The van der Waals surface area contributed by atoms with Gasteiger partial charge in [0.25, 0.3) is 5.91 Å². The van der Waals surface area contributed by atoms with Gasteiger partial charge in [0.2, 0.25) is 0 Å². The third-order valence-electron chi connectivity index (χ3n) is 4.38. The number of amides is 1. The molecule has 120 valence electrons. The van der Waals surface area contributed by atoms with Crippen molar-refractivity contribution in [2.75, 3.05) is 0 Å². The molecule has 1 aliphatic rings. The Labute approximate surface area is 139 Å². The second-order valence-corrected chi connectivity index (χ2v) is 6.34. The quantitative estimate of drug-likeness (QED) is 0.784. The van der Waals surface area contributed by atoms with Crippen LogP contribution in [0.25, 0.3) is 21.9 Å². The zero-order valence-electron chi connectivity index (χ0n) is 13.3. The fraction of sp³-hybridized carbons (Fsp3) is 0.200. The topological polar surface area (TPSA) is 42.0 Å². The Bertz CT molecular complexity index is 948. The summed E-state index contributed by atoms with van der Waals surface area (Å²) in [4.78, 5) is 16.4. The summed E-state index contributed by atoms with van der Waals surface area (Å²) in [6, 6.07) is 12.8. The fourth-order valence-electron chi connectivity index (χ4n) is 2.83. The molecule has 1 saturated carbocycles. The molecule has 3 nitrogen and oxygen atoms in total. The molecule has 4 rings (SSSR count). The number of halogens is 1. The Morgan fingerprint density at radius 3 is 2.75 bits per heavy atom. The number of nitrogens with one attached hydrogen (secondary N) is 1.